The third-order valence-corrected chi connectivity index (χ3v) is 3.06. The normalized spacial score (nSPS) is 10.4. The van der Waals surface area contributed by atoms with E-state index in [1.165, 1.54) is 18.2 Å². The lowest BCUT2D eigenvalue weighted by atomic mass is 10.2. The second-order valence-corrected chi connectivity index (χ2v) is 4.84. The molecule has 2 nitrogen and oxygen atoms in total. The highest BCUT2D eigenvalue weighted by molar-refractivity contribution is 9.10. The fourth-order valence-electron chi connectivity index (χ4n) is 1.57. The molecule has 2 aromatic rings. The van der Waals surface area contributed by atoms with Crippen molar-refractivity contribution in [1.82, 2.24) is 0 Å². The predicted molar refractivity (Wildman–Crippen MR) is 71.3 cm³/mol. The minimum Gasteiger partial charge on any atom is -0.457 e. The Morgan fingerprint density at radius 3 is 2.67 bits per heavy atom. The summed E-state index contributed by atoms with van der Waals surface area (Å²) in [5.41, 5.74) is 1.39. The molecule has 0 spiro atoms. The fourth-order valence-corrected chi connectivity index (χ4v) is 1.91. The van der Waals surface area contributed by atoms with E-state index in [9.17, 15) is 9.50 Å². The van der Waals surface area contributed by atoms with Crippen molar-refractivity contribution in [3.05, 3.63) is 57.8 Å². The van der Waals surface area contributed by atoms with Gasteiger partial charge in [-0.15, -0.1) is 0 Å². The van der Waals surface area contributed by atoms with Crippen molar-refractivity contribution in [2.75, 3.05) is 0 Å². The summed E-state index contributed by atoms with van der Waals surface area (Å²) in [6, 6.07) is 9.76. The second-order valence-electron chi connectivity index (χ2n) is 3.92. The average molecular weight is 311 g/mol. The molecule has 0 saturated heterocycles. The number of aryl methyl sites for hydroxylation is 1. The van der Waals surface area contributed by atoms with Crippen molar-refractivity contribution < 1.29 is 14.2 Å². The number of hydrogen-bond donors (Lipinski definition) is 1. The van der Waals surface area contributed by atoms with Gasteiger partial charge in [-0.05, 0) is 42.8 Å². The molecule has 0 aliphatic carbocycles. The van der Waals surface area contributed by atoms with E-state index in [0.29, 0.717) is 17.1 Å². The van der Waals surface area contributed by atoms with Crippen molar-refractivity contribution >= 4 is 15.9 Å². The number of benzene rings is 2. The number of aliphatic hydroxyl groups excluding tert-OH is 1. The monoisotopic (exact) mass is 310 g/mol. The lowest BCUT2D eigenvalue weighted by Crippen LogP contribution is -1.94. The quantitative estimate of drug-likeness (QED) is 0.921. The predicted octanol–water partition coefficient (Wildman–Crippen LogP) is 4.18. The van der Waals surface area contributed by atoms with Crippen molar-refractivity contribution in [3.63, 3.8) is 0 Å². The summed E-state index contributed by atoms with van der Waals surface area (Å²) in [7, 11) is 0. The Bertz CT molecular complexity index is 570. The Labute approximate surface area is 113 Å². The highest BCUT2D eigenvalue weighted by Gasteiger charge is 2.08. The van der Waals surface area contributed by atoms with Crippen molar-refractivity contribution in [2.24, 2.45) is 0 Å². The smallest absolute Gasteiger partial charge is 0.133 e. The first kappa shape index (κ1) is 13.1. The third-order valence-electron chi connectivity index (χ3n) is 2.56. The van der Waals surface area contributed by atoms with E-state index < -0.39 is 5.82 Å². The number of aliphatic hydroxyl groups is 1. The molecule has 18 heavy (non-hydrogen) atoms. The first-order valence-corrected chi connectivity index (χ1v) is 6.23. The Morgan fingerprint density at radius 1 is 1.17 bits per heavy atom. The van der Waals surface area contributed by atoms with Gasteiger partial charge in [-0.3, -0.25) is 0 Å². The molecule has 2 rings (SSSR count). The van der Waals surface area contributed by atoms with Gasteiger partial charge in [0.15, 0.2) is 0 Å². The second kappa shape index (κ2) is 5.50. The van der Waals surface area contributed by atoms with Gasteiger partial charge in [-0.25, -0.2) is 4.39 Å². The maximum atomic E-state index is 13.0. The largest absolute Gasteiger partial charge is 0.457 e. The van der Waals surface area contributed by atoms with Gasteiger partial charge < -0.3 is 9.84 Å². The molecular formula is C14H12BrFO2. The minimum absolute atomic E-state index is 0.264. The number of halogens is 2. The van der Waals surface area contributed by atoms with Crippen LogP contribution in [0.1, 0.15) is 11.1 Å². The maximum absolute atomic E-state index is 13.0. The van der Waals surface area contributed by atoms with Crippen molar-refractivity contribution in [1.29, 1.82) is 0 Å². The van der Waals surface area contributed by atoms with Crippen LogP contribution < -0.4 is 4.74 Å². The molecule has 0 aliphatic heterocycles. The number of hydrogen-bond acceptors (Lipinski definition) is 2. The van der Waals surface area contributed by atoms with Crippen LogP contribution in [0.5, 0.6) is 11.5 Å². The van der Waals surface area contributed by atoms with Crippen LogP contribution in [-0.4, -0.2) is 5.11 Å². The summed E-state index contributed by atoms with van der Waals surface area (Å²) in [6.45, 7) is 1.66. The summed E-state index contributed by atoms with van der Waals surface area (Å²) in [6.07, 6.45) is 0. The molecule has 1 N–H and O–H groups in total. The SMILES string of the molecule is Cc1ccc(Br)cc1Oc1ccc(F)cc1CO. The average Bonchev–Trinajstić information content (AvgIpc) is 2.36. The Morgan fingerprint density at radius 2 is 1.94 bits per heavy atom. The third kappa shape index (κ3) is 2.89. The van der Waals surface area contributed by atoms with Gasteiger partial charge >= 0.3 is 0 Å². The van der Waals surface area contributed by atoms with Crippen LogP contribution >= 0.6 is 15.9 Å². The molecule has 0 atom stereocenters. The van der Waals surface area contributed by atoms with Crippen LogP contribution in [0, 0.1) is 12.7 Å². The van der Waals surface area contributed by atoms with E-state index in [-0.39, 0.29) is 6.61 Å². The van der Waals surface area contributed by atoms with Crippen LogP contribution in [0.4, 0.5) is 4.39 Å². The van der Waals surface area contributed by atoms with Gasteiger partial charge in [-0.1, -0.05) is 22.0 Å². The van der Waals surface area contributed by atoms with Crippen LogP contribution in [0.2, 0.25) is 0 Å². The van der Waals surface area contributed by atoms with E-state index in [2.05, 4.69) is 15.9 Å². The Balaban J connectivity index is 2.36. The zero-order chi connectivity index (χ0) is 13.1. The summed E-state index contributed by atoms with van der Waals surface area (Å²) < 4.78 is 19.7. The zero-order valence-electron chi connectivity index (χ0n) is 9.78. The van der Waals surface area contributed by atoms with Gasteiger partial charge in [0, 0.05) is 10.0 Å². The molecule has 2 aromatic carbocycles. The number of rotatable bonds is 3. The van der Waals surface area contributed by atoms with Gasteiger partial charge in [0.05, 0.1) is 6.61 Å². The van der Waals surface area contributed by atoms with Crippen LogP contribution in [0.25, 0.3) is 0 Å². The van der Waals surface area contributed by atoms with E-state index in [4.69, 9.17) is 4.74 Å². The van der Waals surface area contributed by atoms with E-state index >= 15 is 0 Å². The van der Waals surface area contributed by atoms with Crippen LogP contribution in [0.3, 0.4) is 0 Å². The Kier molecular flexibility index (Phi) is 3.99. The van der Waals surface area contributed by atoms with E-state index in [1.807, 2.05) is 25.1 Å². The van der Waals surface area contributed by atoms with Gasteiger partial charge in [0.25, 0.3) is 0 Å². The van der Waals surface area contributed by atoms with Gasteiger partial charge in [0.1, 0.15) is 17.3 Å². The summed E-state index contributed by atoms with van der Waals surface area (Å²) in [5.74, 6) is 0.739. The van der Waals surface area contributed by atoms with Crippen LogP contribution in [-0.2, 0) is 6.61 Å². The molecule has 94 valence electrons. The molecule has 0 amide bonds. The molecule has 0 aliphatic rings. The highest BCUT2D eigenvalue weighted by atomic mass is 79.9. The van der Waals surface area contributed by atoms with Gasteiger partial charge in [0.2, 0.25) is 0 Å². The minimum atomic E-state index is -0.391. The zero-order valence-corrected chi connectivity index (χ0v) is 11.4. The number of ether oxygens (including phenoxy) is 1. The summed E-state index contributed by atoms with van der Waals surface area (Å²) in [5, 5.41) is 9.19. The topological polar surface area (TPSA) is 29.5 Å². The summed E-state index contributed by atoms with van der Waals surface area (Å²) >= 11 is 3.37. The van der Waals surface area contributed by atoms with Crippen molar-refractivity contribution in [2.45, 2.75) is 13.5 Å². The molecular weight excluding hydrogens is 299 g/mol. The first-order valence-electron chi connectivity index (χ1n) is 5.43. The Hall–Kier alpha value is -1.39. The van der Waals surface area contributed by atoms with Crippen LogP contribution in [0.15, 0.2) is 40.9 Å². The lowest BCUT2D eigenvalue weighted by Gasteiger charge is -2.12. The lowest BCUT2D eigenvalue weighted by molar-refractivity contribution is 0.275. The molecule has 0 fully saturated rings. The van der Waals surface area contributed by atoms with Gasteiger partial charge in [-0.2, -0.15) is 0 Å². The molecule has 0 unspecified atom stereocenters. The summed E-state index contributed by atoms with van der Waals surface area (Å²) in [4.78, 5) is 0. The van der Waals surface area contributed by atoms with E-state index in [1.54, 1.807) is 0 Å². The molecule has 0 bridgehead atoms. The van der Waals surface area contributed by atoms with Crippen molar-refractivity contribution in [3.8, 4) is 11.5 Å². The standard InChI is InChI=1S/C14H12BrFO2/c1-9-2-3-11(15)7-14(9)18-13-5-4-12(16)6-10(13)8-17/h2-7,17H,8H2,1H3. The molecule has 0 heterocycles. The maximum Gasteiger partial charge on any atom is 0.133 e. The molecule has 0 saturated carbocycles. The first-order chi connectivity index (χ1) is 8.60. The molecule has 0 aromatic heterocycles. The fraction of sp³-hybridized carbons (Fsp3) is 0.143. The highest BCUT2D eigenvalue weighted by Crippen LogP contribution is 2.30. The molecule has 0 radical (unpaired) electrons. The molecule has 4 heteroatoms. The van der Waals surface area contributed by atoms with E-state index in [0.717, 1.165) is 10.0 Å².